The highest BCUT2D eigenvalue weighted by atomic mass is 32.1. The van der Waals surface area contributed by atoms with Gasteiger partial charge in [-0.1, -0.05) is 0 Å². The summed E-state index contributed by atoms with van der Waals surface area (Å²) in [5, 5.41) is 11.7. The topological polar surface area (TPSA) is 70.5 Å². The Morgan fingerprint density at radius 2 is 2.13 bits per heavy atom. The molecule has 0 unspecified atom stereocenters. The van der Waals surface area contributed by atoms with Crippen LogP contribution in [0.3, 0.4) is 0 Å². The van der Waals surface area contributed by atoms with Crippen molar-refractivity contribution in [3.8, 4) is 0 Å². The van der Waals surface area contributed by atoms with E-state index in [0.717, 1.165) is 15.6 Å². The van der Waals surface area contributed by atoms with E-state index >= 15 is 0 Å². The van der Waals surface area contributed by atoms with Crippen LogP contribution in [0.1, 0.15) is 23.5 Å². The van der Waals surface area contributed by atoms with Gasteiger partial charge in [0.1, 0.15) is 0 Å². The molecule has 9 heteroatoms. The molecule has 1 aliphatic rings. The predicted octanol–water partition coefficient (Wildman–Crippen LogP) is 2.50. The minimum Gasteiger partial charge on any atom is -0.481 e. The first-order valence-electron chi connectivity index (χ1n) is 7.16. The molecule has 0 radical (unpaired) electrons. The number of carbonyl (C=O) groups is 2. The summed E-state index contributed by atoms with van der Waals surface area (Å²) in [4.78, 5) is 28.3. The zero-order valence-corrected chi connectivity index (χ0v) is 13.3. The molecule has 1 aromatic heterocycles. The molecule has 0 aliphatic carbocycles. The van der Waals surface area contributed by atoms with E-state index in [1.165, 1.54) is 11.3 Å². The lowest BCUT2D eigenvalue weighted by molar-refractivity contribution is -0.188. The summed E-state index contributed by atoms with van der Waals surface area (Å²) < 4.78 is 38.6. The van der Waals surface area contributed by atoms with Gasteiger partial charge in [0.2, 0.25) is 5.91 Å². The Morgan fingerprint density at radius 3 is 2.61 bits per heavy atom. The number of amides is 1. The Hall–Kier alpha value is -1.64. The van der Waals surface area contributed by atoms with Gasteiger partial charge in [-0.2, -0.15) is 13.2 Å². The van der Waals surface area contributed by atoms with Crippen LogP contribution in [-0.2, 0) is 16.0 Å². The number of hydrogen-bond donors (Lipinski definition) is 1. The van der Waals surface area contributed by atoms with Crippen LogP contribution >= 0.6 is 11.3 Å². The number of aromatic nitrogens is 1. The van der Waals surface area contributed by atoms with Gasteiger partial charge in [-0.05, 0) is 19.8 Å². The van der Waals surface area contributed by atoms with Crippen molar-refractivity contribution < 1.29 is 27.9 Å². The maximum atomic E-state index is 12.9. The molecular weight excluding hydrogens is 333 g/mol. The van der Waals surface area contributed by atoms with Crippen molar-refractivity contribution >= 4 is 23.2 Å². The van der Waals surface area contributed by atoms with Gasteiger partial charge >= 0.3 is 12.1 Å². The van der Waals surface area contributed by atoms with Crippen LogP contribution in [0.25, 0.3) is 0 Å². The second kappa shape index (κ2) is 6.86. The van der Waals surface area contributed by atoms with Gasteiger partial charge in [-0.25, -0.2) is 4.98 Å². The summed E-state index contributed by atoms with van der Waals surface area (Å²) >= 11 is 1.48. The number of carboxylic acids is 1. The molecule has 128 valence electrons. The number of nitrogens with zero attached hydrogens (tertiary/aromatic N) is 2. The highest BCUT2D eigenvalue weighted by Gasteiger charge is 2.53. The van der Waals surface area contributed by atoms with Crippen molar-refractivity contribution in [3.05, 3.63) is 16.1 Å². The zero-order valence-electron chi connectivity index (χ0n) is 12.5. The average molecular weight is 350 g/mol. The van der Waals surface area contributed by atoms with Crippen molar-refractivity contribution in [3.63, 3.8) is 0 Å². The normalized spacial score (nSPS) is 21.7. The summed E-state index contributed by atoms with van der Waals surface area (Å²) in [7, 11) is 0. The van der Waals surface area contributed by atoms with Gasteiger partial charge in [-0.3, -0.25) is 9.59 Å². The summed E-state index contributed by atoms with van der Waals surface area (Å²) in [5.74, 6) is -5.52. The van der Waals surface area contributed by atoms with Gasteiger partial charge in [0, 0.05) is 30.6 Å². The number of hydrogen-bond acceptors (Lipinski definition) is 4. The summed E-state index contributed by atoms with van der Waals surface area (Å²) in [6.07, 6.45) is -3.45. The third kappa shape index (κ3) is 4.43. The number of rotatable bonds is 5. The first kappa shape index (κ1) is 17.7. The third-order valence-corrected chi connectivity index (χ3v) is 4.88. The van der Waals surface area contributed by atoms with Crippen molar-refractivity contribution in [1.29, 1.82) is 0 Å². The van der Waals surface area contributed by atoms with Gasteiger partial charge in [-0.15, -0.1) is 11.3 Å². The lowest BCUT2D eigenvalue weighted by Gasteiger charge is -2.18. The van der Waals surface area contributed by atoms with Crippen LogP contribution in [0.15, 0.2) is 5.38 Å². The Morgan fingerprint density at radius 1 is 1.43 bits per heavy atom. The smallest absolute Gasteiger partial charge is 0.394 e. The molecule has 1 fully saturated rings. The molecule has 0 spiro atoms. The van der Waals surface area contributed by atoms with Gasteiger partial charge in [0.25, 0.3) is 0 Å². The zero-order chi connectivity index (χ0) is 17.2. The van der Waals surface area contributed by atoms with Crippen molar-refractivity contribution in [2.24, 2.45) is 11.8 Å². The Labute approximate surface area is 135 Å². The quantitative estimate of drug-likeness (QED) is 0.886. The average Bonchev–Trinajstić information content (AvgIpc) is 3.04. The molecule has 1 saturated heterocycles. The van der Waals surface area contributed by atoms with Crippen LogP contribution < -0.4 is 0 Å². The number of aliphatic carboxylic acids is 1. The van der Waals surface area contributed by atoms with Gasteiger partial charge in [0.05, 0.1) is 16.8 Å². The molecule has 0 saturated carbocycles. The second-order valence-electron chi connectivity index (χ2n) is 5.63. The van der Waals surface area contributed by atoms with E-state index in [1.807, 2.05) is 12.3 Å². The maximum Gasteiger partial charge on any atom is 0.394 e. The molecule has 2 atom stereocenters. The van der Waals surface area contributed by atoms with E-state index in [9.17, 15) is 22.8 Å². The highest BCUT2D eigenvalue weighted by molar-refractivity contribution is 7.09. The van der Waals surface area contributed by atoms with E-state index in [0.29, 0.717) is 12.8 Å². The molecule has 2 rings (SSSR count). The molecule has 1 aromatic rings. The molecule has 1 N–H and O–H groups in total. The first-order chi connectivity index (χ1) is 10.7. The molecule has 1 aliphatic heterocycles. The number of alkyl halides is 3. The predicted molar refractivity (Wildman–Crippen MR) is 77.0 cm³/mol. The number of thiazole rings is 1. The number of carbonyl (C=O) groups excluding carboxylic acids is 1. The van der Waals surface area contributed by atoms with Crippen LogP contribution in [0.2, 0.25) is 0 Å². The van der Waals surface area contributed by atoms with Gasteiger partial charge in [0.15, 0.2) is 0 Å². The number of carboxylic acid groups (broad SMARTS) is 1. The summed E-state index contributed by atoms with van der Waals surface area (Å²) in [5.41, 5.74) is 0.896. The van der Waals surface area contributed by atoms with E-state index in [-0.39, 0.29) is 13.0 Å². The van der Waals surface area contributed by atoms with E-state index in [1.54, 1.807) is 0 Å². The fourth-order valence-corrected chi connectivity index (χ4v) is 3.47. The Balaban J connectivity index is 1.88. The highest BCUT2D eigenvalue weighted by Crippen LogP contribution is 2.38. The SMILES string of the molecule is Cc1csc(CCCC(=O)N2C[C@@H](C(F)(F)F)[C@H](C(=O)O)C2)n1. The molecule has 2 heterocycles. The van der Waals surface area contributed by atoms with Crippen molar-refractivity contribution in [1.82, 2.24) is 9.88 Å². The molecule has 0 bridgehead atoms. The molecule has 1 amide bonds. The fourth-order valence-electron chi connectivity index (χ4n) is 2.66. The van der Waals surface area contributed by atoms with Crippen LogP contribution in [0.5, 0.6) is 0 Å². The van der Waals surface area contributed by atoms with Crippen LogP contribution in [0, 0.1) is 18.8 Å². The number of aryl methyl sites for hydroxylation is 2. The van der Waals surface area contributed by atoms with Crippen LogP contribution in [0.4, 0.5) is 13.2 Å². The van der Waals surface area contributed by atoms with E-state index in [4.69, 9.17) is 5.11 Å². The van der Waals surface area contributed by atoms with Crippen molar-refractivity contribution in [2.45, 2.75) is 32.4 Å². The second-order valence-corrected chi connectivity index (χ2v) is 6.57. The lowest BCUT2D eigenvalue weighted by Crippen LogP contribution is -2.34. The third-order valence-electron chi connectivity index (χ3n) is 3.86. The van der Waals surface area contributed by atoms with E-state index in [2.05, 4.69) is 4.98 Å². The summed E-state index contributed by atoms with van der Waals surface area (Å²) in [6, 6.07) is 0. The molecular formula is C14H17F3N2O3S. The molecule has 0 aromatic carbocycles. The largest absolute Gasteiger partial charge is 0.481 e. The lowest BCUT2D eigenvalue weighted by atomic mass is 9.96. The number of halogens is 3. The minimum absolute atomic E-state index is 0.0928. The van der Waals surface area contributed by atoms with Gasteiger partial charge < -0.3 is 10.0 Å². The first-order valence-corrected chi connectivity index (χ1v) is 8.04. The Bertz CT molecular complexity index is 588. The summed E-state index contributed by atoms with van der Waals surface area (Å²) in [6.45, 7) is 0.906. The van der Waals surface area contributed by atoms with Crippen LogP contribution in [-0.4, -0.2) is 46.1 Å². The monoisotopic (exact) mass is 350 g/mol. The number of likely N-dealkylation sites (tertiary alicyclic amines) is 1. The fraction of sp³-hybridized carbons (Fsp3) is 0.643. The molecule has 5 nitrogen and oxygen atoms in total. The maximum absolute atomic E-state index is 12.9. The standard InChI is InChI=1S/C14H17F3N2O3S/c1-8-7-23-11(18-8)3-2-4-12(20)19-5-9(13(21)22)10(6-19)14(15,16)17/h7,9-10H,2-6H2,1H3,(H,21,22)/t9-,10-/m1/s1. The van der Waals surface area contributed by atoms with E-state index < -0.39 is 36.4 Å². The minimum atomic E-state index is -4.61. The molecule has 23 heavy (non-hydrogen) atoms. The van der Waals surface area contributed by atoms with Crippen molar-refractivity contribution in [2.75, 3.05) is 13.1 Å². The Kier molecular flexibility index (Phi) is 5.28.